The SMILES string of the molecule is CCc1nc(COc2ccc(C(=O)N3CC4CCCC4C3C(=O)O)cc2)no1. The monoisotopic (exact) mass is 385 g/mol. The Morgan fingerprint density at radius 1 is 1.29 bits per heavy atom. The van der Waals surface area contributed by atoms with Gasteiger partial charge >= 0.3 is 5.97 Å². The molecule has 0 bridgehead atoms. The van der Waals surface area contributed by atoms with E-state index in [1.807, 2.05) is 6.92 Å². The van der Waals surface area contributed by atoms with Gasteiger partial charge in [-0.05, 0) is 48.9 Å². The minimum atomic E-state index is -0.908. The first-order chi connectivity index (χ1) is 13.6. The molecule has 1 aromatic carbocycles. The molecule has 148 valence electrons. The second kappa shape index (κ2) is 7.61. The number of aliphatic carboxylic acids is 1. The number of hydrogen-bond acceptors (Lipinski definition) is 6. The van der Waals surface area contributed by atoms with Crippen molar-refractivity contribution in [3.8, 4) is 5.75 Å². The zero-order chi connectivity index (χ0) is 19.7. The van der Waals surface area contributed by atoms with Gasteiger partial charge in [-0.15, -0.1) is 0 Å². The quantitative estimate of drug-likeness (QED) is 0.814. The summed E-state index contributed by atoms with van der Waals surface area (Å²) in [6.45, 7) is 2.63. The van der Waals surface area contributed by atoms with E-state index in [1.165, 1.54) is 4.90 Å². The van der Waals surface area contributed by atoms with Crippen molar-refractivity contribution in [1.29, 1.82) is 0 Å². The maximum atomic E-state index is 12.9. The number of fused-ring (bicyclic) bond motifs is 1. The molecule has 2 aromatic rings. The van der Waals surface area contributed by atoms with Crippen molar-refractivity contribution >= 4 is 11.9 Å². The molecule has 2 fully saturated rings. The Morgan fingerprint density at radius 3 is 2.75 bits per heavy atom. The molecule has 0 radical (unpaired) electrons. The fourth-order valence-electron chi connectivity index (χ4n) is 4.33. The van der Waals surface area contributed by atoms with Crippen LogP contribution >= 0.6 is 0 Å². The number of likely N-dealkylation sites (tertiary alicyclic amines) is 1. The third-order valence-corrected chi connectivity index (χ3v) is 5.69. The van der Waals surface area contributed by atoms with Crippen LogP contribution in [0.2, 0.25) is 0 Å². The van der Waals surface area contributed by atoms with E-state index in [4.69, 9.17) is 9.26 Å². The minimum Gasteiger partial charge on any atom is -0.485 e. The zero-order valence-electron chi connectivity index (χ0n) is 15.7. The van der Waals surface area contributed by atoms with Gasteiger partial charge in [0.1, 0.15) is 11.8 Å². The van der Waals surface area contributed by atoms with E-state index in [9.17, 15) is 14.7 Å². The summed E-state index contributed by atoms with van der Waals surface area (Å²) in [4.78, 5) is 30.4. The first-order valence-corrected chi connectivity index (χ1v) is 9.65. The van der Waals surface area contributed by atoms with Crippen LogP contribution in [0.1, 0.15) is 48.3 Å². The summed E-state index contributed by atoms with van der Waals surface area (Å²) in [5, 5.41) is 13.5. The van der Waals surface area contributed by atoms with Gasteiger partial charge in [-0.3, -0.25) is 4.79 Å². The summed E-state index contributed by atoms with van der Waals surface area (Å²) in [5.74, 6) is 0.830. The molecule has 2 aliphatic rings. The molecule has 1 saturated carbocycles. The summed E-state index contributed by atoms with van der Waals surface area (Å²) in [6, 6.07) is 6.00. The van der Waals surface area contributed by atoms with Crippen LogP contribution in [-0.4, -0.2) is 44.6 Å². The highest BCUT2D eigenvalue weighted by molar-refractivity contribution is 5.97. The molecule has 3 unspecified atom stereocenters. The highest BCUT2D eigenvalue weighted by atomic mass is 16.5. The molecule has 3 atom stereocenters. The van der Waals surface area contributed by atoms with Crippen LogP contribution in [0, 0.1) is 11.8 Å². The van der Waals surface area contributed by atoms with Gasteiger partial charge in [-0.1, -0.05) is 18.5 Å². The number of aryl methyl sites for hydroxylation is 1. The number of aromatic nitrogens is 2. The molecular weight excluding hydrogens is 362 g/mol. The number of benzene rings is 1. The van der Waals surface area contributed by atoms with Crippen molar-refractivity contribution in [3.63, 3.8) is 0 Å². The Balaban J connectivity index is 1.41. The Kier molecular flexibility index (Phi) is 5.02. The Hall–Kier alpha value is -2.90. The predicted molar refractivity (Wildman–Crippen MR) is 97.7 cm³/mol. The van der Waals surface area contributed by atoms with Crippen molar-refractivity contribution in [2.24, 2.45) is 11.8 Å². The lowest BCUT2D eigenvalue weighted by molar-refractivity contribution is -0.142. The topological polar surface area (TPSA) is 106 Å². The number of ether oxygens (including phenoxy) is 1. The number of rotatable bonds is 6. The minimum absolute atomic E-state index is 0.0760. The number of carboxylic acid groups (broad SMARTS) is 1. The van der Waals surface area contributed by atoms with E-state index >= 15 is 0 Å². The molecule has 8 heteroatoms. The zero-order valence-corrected chi connectivity index (χ0v) is 15.7. The Morgan fingerprint density at radius 2 is 2.07 bits per heavy atom. The molecule has 8 nitrogen and oxygen atoms in total. The van der Waals surface area contributed by atoms with E-state index in [-0.39, 0.29) is 18.4 Å². The van der Waals surface area contributed by atoms with Gasteiger partial charge in [0.25, 0.3) is 5.91 Å². The molecule has 1 saturated heterocycles. The molecule has 4 rings (SSSR count). The number of hydrogen-bond donors (Lipinski definition) is 1. The van der Waals surface area contributed by atoms with Gasteiger partial charge < -0.3 is 19.3 Å². The highest BCUT2D eigenvalue weighted by Crippen LogP contribution is 2.42. The van der Waals surface area contributed by atoms with Crippen LogP contribution < -0.4 is 4.74 Å². The lowest BCUT2D eigenvalue weighted by atomic mass is 9.94. The van der Waals surface area contributed by atoms with Gasteiger partial charge in [0.15, 0.2) is 6.61 Å². The van der Waals surface area contributed by atoms with Crippen LogP contribution in [-0.2, 0) is 17.8 Å². The normalized spacial score (nSPS) is 23.6. The predicted octanol–water partition coefficient (Wildman–Crippen LogP) is 2.54. The van der Waals surface area contributed by atoms with Gasteiger partial charge in [-0.25, -0.2) is 4.79 Å². The van der Waals surface area contributed by atoms with E-state index in [2.05, 4.69) is 10.1 Å². The summed E-state index contributed by atoms with van der Waals surface area (Å²) < 4.78 is 10.7. The van der Waals surface area contributed by atoms with E-state index < -0.39 is 12.0 Å². The van der Waals surface area contributed by atoms with E-state index in [0.717, 1.165) is 19.3 Å². The highest BCUT2D eigenvalue weighted by Gasteiger charge is 2.49. The molecular formula is C20H23N3O5. The van der Waals surface area contributed by atoms with E-state index in [1.54, 1.807) is 24.3 Å². The second-order valence-corrected chi connectivity index (χ2v) is 7.37. The molecule has 1 aliphatic heterocycles. The van der Waals surface area contributed by atoms with E-state index in [0.29, 0.717) is 41.9 Å². The lowest BCUT2D eigenvalue weighted by Gasteiger charge is -2.24. The van der Waals surface area contributed by atoms with Crippen molar-refractivity contribution in [1.82, 2.24) is 15.0 Å². The first-order valence-electron chi connectivity index (χ1n) is 9.65. The van der Waals surface area contributed by atoms with Crippen molar-refractivity contribution < 1.29 is 24.0 Å². The maximum absolute atomic E-state index is 12.9. The van der Waals surface area contributed by atoms with Crippen LogP contribution in [0.3, 0.4) is 0 Å². The second-order valence-electron chi connectivity index (χ2n) is 7.37. The molecule has 1 aromatic heterocycles. The van der Waals surface area contributed by atoms with Crippen LogP contribution in [0.5, 0.6) is 5.75 Å². The fraction of sp³-hybridized carbons (Fsp3) is 0.500. The average Bonchev–Trinajstić information content (AvgIpc) is 3.41. The molecule has 2 heterocycles. The van der Waals surface area contributed by atoms with Gasteiger partial charge in [0, 0.05) is 18.5 Å². The Labute approximate surface area is 162 Å². The number of nitrogens with zero attached hydrogens (tertiary/aromatic N) is 3. The average molecular weight is 385 g/mol. The van der Waals surface area contributed by atoms with Gasteiger partial charge in [0.05, 0.1) is 0 Å². The molecule has 1 aliphatic carbocycles. The number of carbonyl (C=O) groups is 2. The van der Waals surface area contributed by atoms with Crippen LogP contribution in [0.15, 0.2) is 28.8 Å². The maximum Gasteiger partial charge on any atom is 0.326 e. The number of carbonyl (C=O) groups excluding carboxylic acids is 1. The van der Waals surface area contributed by atoms with Gasteiger partial charge in [-0.2, -0.15) is 4.98 Å². The standard InChI is InChI=1S/C20H23N3O5/c1-2-17-21-16(22-28-17)11-27-14-8-6-12(7-9-14)19(24)23-10-13-4-3-5-15(13)18(23)20(25)26/h6-9,13,15,18H,2-5,10-11H2,1H3,(H,25,26). The first kappa shape index (κ1) is 18.5. The number of amides is 1. The summed E-state index contributed by atoms with van der Waals surface area (Å²) in [5.41, 5.74) is 0.464. The third kappa shape index (κ3) is 3.46. The van der Waals surface area contributed by atoms with Crippen molar-refractivity contribution in [2.45, 2.75) is 45.3 Å². The molecule has 1 N–H and O–H groups in total. The van der Waals surface area contributed by atoms with Crippen molar-refractivity contribution in [2.75, 3.05) is 6.54 Å². The van der Waals surface area contributed by atoms with Crippen LogP contribution in [0.25, 0.3) is 0 Å². The smallest absolute Gasteiger partial charge is 0.326 e. The van der Waals surface area contributed by atoms with Gasteiger partial charge in [0.2, 0.25) is 11.7 Å². The molecule has 1 amide bonds. The summed E-state index contributed by atoms with van der Waals surface area (Å²) in [7, 11) is 0. The van der Waals surface area contributed by atoms with Crippen LogP contribution in [0.4, 0.5) is 0 Å². The summed E-state index contributed by atoms with van der Waals surface area (Å²) in [6.07, 6.45) is 3.60. The number of carboxylic acids is 1. The fourth-order valence-corrected chi connectivity index (χ4v) is 4.33. The lowest BCUT2D eigenvalue weighted by Crippen LogP contribution is -2.43. The molecule has 0 spiro atoms. The Bertz CT molecular complexity index is 863. The molecule has 28 heavy (non-hydrogen) atoms. The summed E-state index contributed by atoms with van der Waals surface area (Å²) >= 11 is 0. The largest absolute Gasteiger partial charge is 0.485 e. The third-order valence-electron chi connectivity index (χ3n) is 5.69. The van der Waals surface area contributed by atoms with Crippen molar-refractivity contribution in [3.05, 3.63) is 41.5 Å².